The second-order valence-corrected chi connectivity index (χ2v) is 3.71. The van der Waals surface area contributed by atoms with Gasteiger partial charge in [-0.1, -0.05) is 35.5 Å². The fraction of sp³-hybridized carbons (Fsp3) is 0.182. The van der Waals surface area contributed by atoms with Gasteiger partial charge in [-0.15, -0.1) is 5.10 Å². The topological polar surface area (TPSA) is 106 Å². The molecule has 0 spiro atoms. The number of nitrogen functional groups attached to an aromatic ring is 1. The Hall–Kier alpha value is -2.57. The average Bonchev–Trinajstić information content (AvgIpc) is 2.69. The summed E-state index contributed by atoms with van der Waals surface area (Å²) in [5.74, 6) is 0.281. The maximum Gasteiger partial charge on any atom is 0.410 e. The standard InChI is InChI=1S/C11H13N5O2/c12-9-10(13-11(17)18)14-15-16(9)7-6-8-4-2-1-3-5-8/h1-5,13H,6-7,12H2,(H,17,18). The van der Waals surface area contributed by atoms with E-state index in [1.807, 2.05) is 30.3 Å². The highest BCUT2D eigenvalue weighted by Crippen LogP contribution is 2.14. The molecule has 0 unspecified atom stereocenters. The summed E-state index contributed by atoms with van der Waals surface area (Å²) < 4.78 is 1.47. The van der Waals surface area contributed by atoms with Gasteiger partial charge in [-0.25, -0.2) is 9.48 Å². The number of amides is 1. The van der Waals surface area contributed by atoms with E-state index < -0.39 is 6.09 Å². The molecular weight excluding hydrogens is 234 g/mol. The van der Waals surface area contributed by atoms with Gasteiger partial charge in [0.2, 0.25) is 5.82 Å². The predicted octanol–water partition coefficient (Wildman–Crippen LogP) is 1.19. The molecule has 0 saturated heterocycles. The van der Waals surface area contributed by atoms with E-state index in [4.69, 9.17) is 10.8 Å². The molecule has 0 saturated carbocycles. The molecule has 2 rings (SSSR count). The number of hydrogen-bond acceptors (Lipinski definition) is 4. The number of rotatable bonds is 4. The summed E-state index contributed by atoms with van der Waals surface area (Å²) in [7, 11) is 0. The zero-order chi connectivity index (χ0) is 13.0. The molecule has 1 amide bonds. The van der Waals surface area contributed by atoms with E-state index in [9.17, 15) is 4.79 Å². The Bertz CT molecular complexity index is 538. The van der Waals surface area contributed by atoms with Crippen molar-refractivity contribution in [2.45, 2.75) is 13.0 Å². The Morgan fingerprint density at radius 3 is 2.78 bits per heavy atom. The first kappa shape index (κ1) is 11.9. The molecule has 18 heavy (non-hydrogen) atoms. The van der Waals surface area contributed by atoms with Crippen molar-refractivity contribution in [3.8, 4) is 0 Å². The summed E-state index contributed by atoms with van der Waals surface area (Å²) in [6.45, 7) is 0.546. The Morgan fingerprint density at radius 2 is 2.11 bits per heavy atom. The molecule has 0 fully saturated rings. The minimum atomic E-state index is -1.21. The summed E-state index contributed by atoms with van der Waals surface area (Å²) in [4.78, 5) is 10.5. The van der Waals surface area contributed by atoms with Gasteiger partial charge in [0.25, 0.3) is 0 Å². The zero-order valence-corrected chi connectivity index (χ0v) is 9.58. The summed E-state index contributed by atoms with van der Waals surface area (Å²) >= 11 is 0. The van der Waals surface area contributed by atoms with E-state index in [2.05, 4.69) is 15.6 Å². The van der Waals surface area contributed by atoms with Gasteiger partial charge in [0, 0.05) is 6.54 Å². The van der Waals surface area contributed by atoms with E-state index in [0.717, 1.165) is 12.0 Å². The molecule has 0 atom stereocenters. The maximum atomic E-state index is 10.5. The molecule has 94 valence electrons. The maximum absolute atomic E-state index is 10.5. The van der Waals surface area contributed by atoms with Crippen molar-refractivity contribution < 1.29 is 9.90 Å². The third-order valence-corrected chi connectivity index (χ3v) is 2.45. The lowest BCUT2D eigenvalue weighted by atomic mass is 10.1. The number of carbonyl (C=O) groups is 1. The van der Waals surface area contributed by atoms with Crippen LogP contribution in [0.25, 0.3) is 0 Å². The van der Waals surface area contributed by atoms with E-state index in [1.54, 1.807) is 0 Å². The number of nitrogens with one attached hydrogen (secondary N) is 1. The molecule has 0 aliphatic heterocycles. The predicted molar refractivity (Wildman–Crippen MR) is 66.2 cm³/mol. The van der Waals surface area contributed by atoms with Crippen LogP contribution in [-0.2, 0) is 13.0 Å². The van der Waals surface area contributed by atoms with Crippen molar-refractivity contribution in [3.63, 3.8) is 0 Å². The van der Waals surface area contributed by atoms with Crippen LogP contribution in [0.5, 0.6) is 0 Å². The van der Waals surface area contributed by atoms with Crippen molar-refractivity contribution in [1.82, 2.24) is 15.0 Å². The second kappa shape index (κ2) is 5.17. The van der Waals surface area contributed by atoms with E-state index in [0.29, 0.717) is 6.54 Å². The number of aryl methyl sites for hydroxylation is 2. The first-order valence-corrected chi connectivity index (χ1v) is 5.39. The average molecular weight is 247 g/mol. The number of benzene rings is 1. The quantitative estimate of drug-likeness (QED) is 0.752. The second-order valence-electron chi connectivity index (χ2n) is 3.71. The third kappa shape index (κ3) is 2.76. The van der Waals surface area contributed by atoms with Gasteiger partial charge in [0.1, 0.15) is 0 Å². The molecule has 0 aliphatic rings. The van der Waals surface area contributed by atoms with Gasteiger partial charge in [-0.3, -0.25) is 5.32 Å². The minimum Gasteiger partial charge on any atom is -0.465 e. The van der Waals surface area contributed by atoms with Crippen molar-refractivity contribution in [2.75, 3.05) is 11.1 Å². The van der Waals surface area contributed by atoms with Gasteiger partial charge in [0.05, 0.1) is 0 Å². The van der Waals surface area contributed by atoms with Crippen LogP contribution < -0.4 is 11.1 Å². The van der Waals surface area contributed by atoms with Crippen LogP contribution in [0.1, 0.15) is 5.56 Å². The Labute approximate surface area is 103 Å². The number of carboxylic acid groups (broad SMARTS) is 1. The summed E-state index contributed by atoms with van der Waals surface area (Å²) in [6, 6.07) is 9.87. The van der Waals surface area contributed by atoms with Crippen LogP contribution in [0.4, 0.5) is 16.4 Å². The summed E-state index contributed by atoms with van der Waals surface area (Å²) in [5.41, 5.74) is 6.88. The Balaban J connectivity index is 2.02. The highest BCUT2D eigenvalue weighted by atomic mass is 16.4. The number of hydrogen-bond donors (Lipinski definition) is 3. The fourth-order valence-corrected chi connectivity index (χ4v) is 1.56. The van der Waals surface area contributed by atoms with Crippen molar-refractivity contribution in [1.29, 1.82) is 0 Å². The van der Waals surface area contributed by atoms with Gasteiger partial charge in [-0.05, 0) is 12.0 Å². The van der Waals surface area contributed by atoms with Crippen LogP contribution in [-0.4, -0.2) is 26.2 Å². The zero-order valence-electron chi connectivity index (χ0n) is 9.58. The van der Waals surface area contributed by atoms with Crippen LogP contribution in [0.2, 0.25) is 0 Å². The smallest absolute Gasteiger partial charge is 0.410 e. The molecule has 0 bridgehead atoms. The fourth-order valence-electron chi connectivity index (χ4n) is 1.56. The molecule has 0 aliphatic carbocycles. The van der Waals surface area contributed by atoms with Crippen molar-refractivity contribution >= 4 is 17.7 Å². The molecule has 0 radical (unpaired) electrons. The molecule has 7 nitrogen and oxygen atoms in total. The van der Waals surface area contributed by atoms with Crippen molar-refractivity contribution in [3.05, 3.63) is 35.9 Å². The first-order valence-electron chi connectivity index (χ1n) is 5.39. The number of nitrogens with two attached hydrogens (primary N) is 1. The van der Waals surface area contributed by atoms with Crippen LogP contribution in [0, 0.1) is 0 Å². The number of nitrogens with zero attached hydrogens (tertiary/aromatic N) is 3. The van der Waals surface area contributed by atoms with Gasteiger partial charge < -0.3 is 10.8 Å². The van der Waals surface area contributed by atoms with Crippen LogP contribution in [0.15, 0.2) is 30.3 Å². The number of anilines is 2. The van der Waals surface area contributed by atoms with Gasteiger partial charge in [-0.2, -0.15) is 0 Å². The van der Waals surface area contributed by atoms with Gasteiger partial charge in [0.15, 0.2) is 5.82 Å². The van der Waals surface area contributed by atoms with Crippen molar-refractivity contribution in [2.24, 2.45) is 0 Å². The van der Waals surface area contributed by atoms with E-state index in [-0.39, 0.29) is 11.6 Å². The summed E-state index contributed by atoms with van der Waals surface area (Å²) in [6.07, 6.45) is -0.460. The van der Waals surface area contributed by atoms with Gasteiger partial charge >= 0.3 is 6.09 Å². The number of aromatic nitrogens is 3. The monoisotopic (exact) mass is 247 g/mol. The molecule has 1 heterocycles. The lowest BCUT2D eigenvalue weighted by Crippen LogP contribution is -2.11. The Kier molecular flexibility index (Phi) is 3.42. The highest BCUT2D eigenvalue weighted by Gasteiger charge is 2.11. The van der Waals surface area contributed by atoms with Crippen LogP contribution in [0.3, 0.4) is 0 Å². The lowest BCUT2D eigenvalue weighted by Gasteiger charge is -2.03. The molecule has 4 N–H and O–H groups in total. The lowest BCUT2D eigenvalue weighted by molar-refractivity contribution is 0.209. The van der Waals surface area contributed by atoms with E-state index >= 15 is 0 Å². The molecule has 7 heteroatoms. The summed E-state index contributed by atoms with van der Waals surface area (Å²) in [5, 5.41) is 18.1. The molecular formula is C11H13N5O2. The minimum absolute atomic E-state index is 0.0653. The normalized spacial score (nSPS) is 10.2. The first-order chi connectivity index (χ1) is 8.66. The Morgan fingerprint density at radius 1 is 1.39 bits per heavy atom. The largest absolute Gasteiger partial charge is 0.465 e. The molecule has 2 aromatic rings. The molecule has 1 aromatic heterocycles. The van der Waals surface area contributed by atoms with E-state index in [1.165, 1.54) is 4.68 Å². The third-order valence-electron chi connectivity index (χ3n) is 2.45. The molecule has 1 aromatic carbocycles. The SMILES string of the molecule is Nc1c(NC(=O)O)nnn1CCc1ccccc1. The highest BCUT2D eigenvalue weighted by molar-refractivity contribution is 5.84. The van der Waals surface area contributed by atoms with Crippen LogP contribution >= 0.6 is 0 Å².